The molecular weight excluding hydrogens is 503 g/mol. The van der Waals surface area contributed by atoms with E-state index in [2.05, 4.69) is 28.1 Å². The van der Waals surface area contributed by atoms with E-state index in [0.717, 1.165) is 42.2 Å². The first kappa shape index (κ1) is 24.5. The Morgan fingerprint density at radius 2 is 1.65 bits per heavy atom. The SMILES string of the molecule is CNC(=O)c1cccc(CCNC(=NCc2ccccc2)NCCc2ccco2)c1.I. The van der Waals surface area contributed by atoms with Gasteiger partial charge in [0, 0.05) is 32.1 Å². The summed E-state index contributed by atoms with van der Waals surface area (Å²) in [5.41, 5.74) is 2.93. The van der Waals surface area contributed by atoms with Crippen molar-refractivity contribution in [3.8, 4) is 0 Å². The van der Waals surface area contributed by atoms with Crippen LogP contribution in [0, 0.1) is 0 Å². The number of guanidine groups is 1. The molecule has 3 rings (SSSR count). The van der Waals surface area contributed by atoms with Gasteiger partial charge in [-0.2, -0.15) is 0 Å². The average Bonchev–Trinajstić information content (AvgIpc) is 3.31. The second-order valence-corrected chi connectivity index (χ2v) is 6.86. The molecule has 0 aliphatic rings. The predicted molar refractivity (Wildman–Crippen MR) is 135 cm³/mol. The van der Waals surface area contributed by atoms with Crippen molar-refractivity contribution in [2.75, 3.05) is 20.1 Å². The number of hydrogen-bond acceptors (Lipinski definition) is 3. The first-order valence-corrected chi connectivity index (χ1v) is 10.1. The lowest BCUT2D eigenvalue weighted by molar-refractivity contribution is 0.0963. The van der Waals surface area contributed by atoms with Crippen LogP contribution in [-0.2, 0) is 19.4 Å². The molecule has 0 saturated carbocycles. The molecule has 3 aromatic rings. The number of carbonyl (C=O) groups excluding carboxylic acids is 1. The molecule has 0 saturated heterocycles. The number of aliphatic imine (C=N–C) groups is 1. The van der Waals surface area contributed by atoms with Crippen molar-refractivity contribution in [2.24, 2.45) is 4.99 Å². The quantitative estimate of drug-likeness (QED) is 0.223. The lowest BCUT2D eigenvalue weighted by Gasteiger charge is -2.13. The number of hydrogen-bond donors (Lipinski definition) is 3. The van der Waals surface area contributed by atoms with Crippen LogP contribution < -0.4 is 16.0 Å². The lowest BCUT2D eigenvalue weighted by atomic mass is 10.1. The molecule has 31 heavy (non-hydrogen) atoms. The van der Waals surface area contributed by atoms with E-state index in [1.165, 1.54) is 0 Å². The molecule has 0 spiro atoms. The zero-order valence-corrected chi connectivity index (χ0v) is 20.0. The summed E-state index contributed by atoms with van der Waals surface area (Å²) >= 11 is 0. The molecule has 0 fully saturated rings. The zero-order chi connectivity index (χ0) is 21.0. The smallest absolute Gasteiger partial charge is 0.251 e. The Labute approximate surface area is 200 Å². The maximum atomic E-state index is 11.8. The fraction of sp³-hybridized carbons (Fsp3) is 0.250. The first-order chi connectivity index (χ1) is 14.7. The average molecular weight is 532 g/mol. The summed E-state index contributed by atoms with van der Waals surface area (Å²) in [7, 11) is 1.64. The molecule has 164 valence electrons. The Hall–Kier alpha value is -2.81. The molecule has 6 nitrogen and oxygen atoms in total. The largest absolute Gasteiger partial charge is 0.469 e. The molecule has 3 N–H and O–H groups in total. The molecule has 1 amide bonds. The highest BCUT2D eigenvalue weighted by atomic mass is 127. The number of benzene rings is 2. The van der Waals surface area contributed by atoms with Crippen LogP contribution in [0.2, 0.25) is 0 Å². The summed E-state index contributed by atoms with van der Waals surface area (Å²) in [4.78, 5) is 16.5. The van der Waals surface area contributed by atoms with Crippen molar-refractivity contribution < 1.29 is 9.21 Å². The Morgan fingerprint density at radius 1 is 0.903 bits per heavy atom. The van der Waals surface area contributed by atoms with Crippen LogP contribution in [0.25, 0.3) is 0 Å². The predicted octanol–water partition coefficient (Wildman–Crippen LogP) is 3.78. The topological polar surface area (TPSA) is 78.7 Å². The van der Waals surface area contributed by atoms with Crippen molar-refractivity contribution in [1.29, 1.82) is 0 Å². The van der Waals surface area contributed by atoms with Crippen LogP contribution in [0.3, 0.4) is 0 Å². The van der Waals surface area contributed by atoms with Crippen LogP contribution in [0.1, 0.15) is 27.2 Å². The normalized spacial score (nSPS) is 10.8. The van der Waals surface area contributed by atoms with Gasteiger partial charge in [0.25, 0.3) is 5.91 Å². The van der Waals surface area contributed by atoms with Gasteiger partial charge in [-0.25, -0.2) is 4.99 Å². The Bertz CT molecular complexity index is 943. The minimum Gasteiger partial charge on any atom is -0.469 e. The van der Waals surface area contributed by atoms with Gasteiger partial charge in [0.2, 0.25) is 0 Å². The second kappa shape index (κ2) is 13.5. The van der Waals surface area contributed by atoms with Crippen molar-refractivity contribution in [2.45, 2.75) is 19.4 Å². The van der Waals surface area contributed by atoms with Gasteiger partial charge >= 0.3 is 0 Å². The third kappa shape index (κ3) is 8.45. The Morgan fingerprint density at radius 3 is 2.35 bits per heavy atom. The number of carbonyl (C=O) groups is 1. The van der Waals surface area contributed by atoms with Crippen molar-refractivity contribution in [1.82, 2.24) is 16.0 Å². The molecule has 2 aromatic carbocycles. The minimum atomic E-state index is -0.0745. The maximum Gasteiger partial charge on any atom is 0.251 e. The van der Waals surface area contributed by atoms with Gasteiger partial charge in [-0.15, -0.1) is 24.0 Å². The molecule has 0 aliphatic heterocycles. The fourth-order valence-electron chi connectivity index (χ4n) is 3.02. The molecular formula is C24H29IN4O2. The standard InChI is InChI=1S/C24H28N4O2.HI/c1-25-23(29)21-10-5-9-19(17-21)12-14-26-24(27-15-13-22-11-6-16-30-22)28-18-20-7-3-2-4-8-20;/h2-11,16-17H,12-15,18H2,1H3,(H,25,29)(H2,26,27,28);1H. The molecule has 0 aliphatic carbocycles. The van der Waals surface area contributed by atoms with E-state index in [9.17, 15) is 4.79 Å². The number of halogens is 1. The van der Waals surface area contributed by atoms with E-state index in [1.807, 2.05) is 54.6 Å². The molecule has 1 aromatic heterocycles. The number of nitrogens with zero attached hydrogens (tertiary/aromatic N) is 1. The van der Waals surface area contributed by atoms with Gasteiger partial charge in [-0.1, -0.05) is 42.5 Å². The third-order valence-electron chi connectivity index (χ3n) is 4.63. The van der Waals surface area contributed by atoms with Gasteiger partial charge in [-0.3, -0.25) is 4.79 Å². The van der Waals surface area contributed by atoms with Gasteiger partial charge < -0.3 is 20.4 Å². The van der Waals surface area contributed by atoms with E-state index in [0.29, 0.717) is 18.7 Å². The van der Waals surface area contributed by atoms with Crippen LogP contribution in [-0.4, -0.2) is 32.0 Å². The summed E-state index contributed by atoms with van der Waals surface area (Å²) in [5, 5.41) is 9.42. The van der Waals surface area contributed by atoms with E-state index in [4.69, 9.17) is 9.41 Å². The van der Waals surface area contributed by atoms with Gasteiger partial charge in [0.05, 0.1) is 12.8 Å². The monoisotopic (exact) mass is 532 g/mol. The molecule has 7 heteroatoms. The first-order valence-electron chi connectivity index (χ1n) is 10.1. The fourth-order valence-corrected chi connectivity index (χ4v) is 3.02. The highest BCUT2D eigenvalue weighted by molar-refractivity contribution is 14.0. The number of rotatable bonds is 9. The van der Waals surface area contributed by atoms with Crippen molar-refractivity contribution >= 4 is 35.8 Å². The molecule has 0 bridgehead atoms. The Balaban J connectivity index is 0.00000341. The van der Waals surface area contributed by atoms with Gasteiger partial charge in [0.15, 0.2) is 5.96 Å². The molecule has 0 unspecified atom stereocenters. The van der Waals surface area contributed by atoms with E-state index >= 15 is 0 Å². The second-order valence-electron chi connectivity index (χ2n) is 6.86. The van der Waals surface area contributed by atoms with Crippen LogP contribution in [0.5, 0.6) is 0 Å². The summed E-state index contributed by atoms with van der Waals surface area (Å²) in [6, 6.07) is 21.7. The summed E-state index contributed by atoms with van der Waals surface area (Å²) in [5.74, 6) is 1.62. The minimum absolute atomic E-state index is 0. The molecule has 1 heterocycles. The van der Waals surface area contributed by atoms with Crippen LogP contribution >= 0.6 is 24.0 Å². The van der Waals surface area contributed by atoms with Gasteiger partial charge in [-0.05, 0) is 41.8 Å². The summed E-state index contributed by atoms with van der Waals surface area (Å²) < 4.78 is 5.39. The maximum absolute atomic E-state index is 11.8. The number of amides is 1. The van der Waals surface area contributed by atoms with E-state index < -0.39 is 0 Å². The number of nitrogens with one attached hydrogen (secondary N) is 3. The van der Waals surface area contributed by atoms with Crippen LogP contribution in [0.15, 0.2) is 82.4 Å². The van der Waals surface area contributed by atoms with Crippen molar-refractivity contribution in [3.05, 3.63) is 95.4 Å². The van der Waals surface area contributed by atoms with E-state index in [1.54, 1.807) is 13.3 Å². The zero-order valence-electron chi connectivity index (χ0n) is 17.6. The summed E-state index contributed by atoms with van der Waals surface area (Å²) in [6.45, 7) is 2.03. The van der Waals surface area contributed by atoms with E-state index in [-0.39, 0.29) is 29.9 Å². The lowest BCUT2D eigenvalue weighted by Crippen LogP contribution is -2.39. The van der Waals surface area contributed by atoms with Gasteiger partial charge in [0.1, 0.15) is 5.76 Å². The Kier molecular flexibility index (Phi) is 10.6. The molecule has 0 atom stereocenters. The highest BCUT2D eigenvalue weighted by Gasteiger charge is 2.05. The van der Waals surface area contributed by atoms with Crippen molar-refractivity contribution in [3.63, 3.8) is 0 Å². The molecule has 0 radical (unpaired) electrons. The highest BCUT2D eigenvalue weighted by Crippen LogP contribution is 2.06. The van der Waals surface area contributed by atoms with Crippen LogP contribution in [0.4, 0.5) is 0 Å². The summed E-state index contributed by atoms with van der Waals surface area (Å²) in [6.07, 6.45) is 3.26. The number of furan rings is 1. The third-order valence-corrected chi connectivity index (χ3v) is 4.63.